The monoisotopic (exact) mass is 178 g/mol. The molecule has 0 aliphatic heterocycles. The number of aliphatic hydroxyl groups excluding tert-OH is 1. The third kappa shape index (κ3) is 11.5. The van der Waals surface area contributed by atoms with E-state index in [4.69, 9.17) is 5.11 Å². The SMILES string of the molecule is OC(=S)S.c1ccsc1. The maximum Gasteiger partial charge on any atom is 0.214 e. The van der Waals surface area contributed by atoms with Crippen LogP contribution in [-0.2, 0) is 0 Å². The third-order valence-corrected chi connectivity index (χ3v) is 1.05. The van der Waals surface area contributed by atoms with Crippen LogP contribution in [0.25, 0.3) is 0 Å². The predicted molar refractivity (Wildman–Crippen MR) is 48.5 cm³/mol. The van der Waals surface area contributed by atoms with Crippen LogP contribution in [0.4, 0.5) is 0 Å². The van der Waals surface area contributed by atoms with Gasteiger partial charge in [0.15, 0.2) is 0 Å². The molecule has 1 aromatic heterocycles. The van der Waals surface area contributed by atoms with Crippen LogP contribution in [0.1, 0.15) is 0 Å². The molecule has 0 fully saturated rings. The summed E-state index contributed by atoms with van der Waals surface area (Å²) in [6.07, 6.45) is 0. The zero-order valence-electron chi connectivity index (χ0n) is 4.52. The van der Waals surface area contributed by atoms with E-state index in [1.165, 1.54) is 0 Å². The first kappa shape index (κ1) is 8.94. The lowest BCUT2D eigenvalue weighted by Crippen LogP contribution is -1.66. The molecule has 0 unspecified atom stereocenters. The maximum atomic E-state index is 7.65. The molecule has 0 radical (unpaired) electrons. The molecule has 1 nitrogen and oxygen atoms in total. The zero-order chi connectivity index (χ0) is 7.11. The molecule has 1 heterocycles. The van der Waals surface area contributed by atoms with Crippen molar-refractivity contribution in [3.05, 3.63) is 22.9 Å². The second-order valence-corrected chi connectivity index (χ2v) is 3.01. The Bertz CT molecular complexity index is 126. The Morgan fingerprint density at radius 3 is 1.89 bits per heavy atom. The predicted octanol–water partition coefficient (Wildman–Crippen LogP) is 2.51. The smallest absolute Gasteiger partial charge is 0.214 e. The van der Waals surface area contributed by atoms with E-state index in [1.807, 2.05) is 22.9 Å². The van der Waals surface area contributed by atoms with Crippen molar-refractivity contribution in [1.82, 2.24) is 0 Å². The summed E-state index contributed by atoms with van der Waals surface area (Å²) in [5.41, 5.74) is 0. The van der Waals surface area contributed by atoms with E-state index in [0.717, 1.165) is 0 Å². The van der Waals surface area contributed by atoms with Crippen molar-refractivity contribution in [2.45, 2.75) is 0 Å². The topological polar surface area (TPSA) is 20.2 Å². The molecule has 0 bridgehead atoms. The van der Waals surface area contributed by atoms with Crippen LogP contribution in [0, 0.1) is 0 Å². The van der Waals surface area contributed by atoms with Gasteiger partial charge in [-0.25, -0.2) is 0 Å². The van der Waals surface area contributed by atoms with Gasteiger partial charge in [-0.1, -0.05) is 24.8 Å². The van der Waals surface area contributed by atoms with E-state index >= 15 is 0 Å². The Labute approximate surface area is 68.8 Å². The summed E-state index contributed by atoms with van der Waals surface area (Å²) < 4.78 is -0.306. The van der Waals surface area contributed by atoms with Crippen LogP contribution in [0.5, 0.6) is 0 Å². The molecule has 1 rings (SSSR count). The largest absolute Gasteiger partial charge is 0.494 e. The molecule has 1 aromatic rings. The molecule has 9 heavy (non-hydrogen) atoms. The molecule has 0 aliphatic carbocycles. The van der Waals surface area contributed by atoms with Gasteiger partial charge in [-0.05, 0) is 23.0 Å². The first-order valence-corrected chi connectivity index (χ1v) is 3.92. The Morgan fingerprint density at radius 1 is 1.44 bits per heavy atom. The Kier molecular flexibility index (Phi) is 6.03. The summed E-state index contributed by atoms with van der Waals surface area (Å²) in [6.45, 7) is 0. The van der Waals surface area contributed by atoms with Gasteiger partial charge < -0.3 is 5.11 Å². The molecule has 0 saturated carbocycles. The van der Waals surface area contributed by atoms with E-state index in [1.54, 1.807) is 11.3 Å². The van der Waals surface area contributed by atoms with Gasteiger partial charge in [0.2, 0.25) is 4.38 Å². The summed E-state index contributed by atoms with van der Waals surface area (Å²) in [5, 5.41) is 11.7. The summed E-state index contributed by atoms with van der Waals surface area (Å²) in [6, 6.07) is 4.04. The standard InChI is InChI=1S/C4H4S.CH2OS2/c1-2-4-5-3-1;2-1(3)4/h1-4H;(H2,2,3,4). The quantitative estimate of drug-likeness (QED) is 0.470. The van der Waals surface area contributed by atoms with Crippen LogP contribution in [0.2, 0.25) is 0 Å². The highest BCUT2D eigenvalue weighted by molar-refractivity contribution is 8.10. The fraction of sp³-hybridized carbons (Fsp3) is 0. The van der Waals surface area contributed by atoms with Gasteiger partial charge in [0, 0.05) is 0 Å². The van der Waals surface area contributed by atoms with Gasteiger partial charge in [0.05, 0.1) is 0 Å². The summed E-state index contributed by atoms with van der Waals surface area (Å²) in [4.78, 5) is 0. The van der Waals surface area contributed by atoms with Crippen molar-refractivity contribution in [1.29, 1.82) is 0 Å². The van der Waals surface area contributed by atoms with Gasteiger partial charge in [-0.2, -0.15) is 11.3 Å². The number of thiophene rings is 1. The van der Waals surface area contributed by atoms with Crippen LogP contribution >= 0.6 is 36.2 Å². The first-order chi connectivity index (χ1) is 4.23. The highest BCUT2D eigenvalue weighted by Crippen LogP contribution is 1.91. The fourth-order valence-corrected chi connectivity index (χ4v) is 0.680. The fourth-order valence-electron chi connectivity index (χ4n) is 0.227. The van der Waals surface area contributed by atoms with Crippen molar-refractivity contribution >= 4 is 40.6 Å². The molecular formula is C5H6OS3. The molecule has 4 heteroatoms. The van der Waals surface area contributed by atoms with Crippen LogP contribution in [-0.4, -0.2) is 9.49 Å². The average Bonchev–Trinajstić information content (AvgIpc) is 2.11. The minimum Gasteiger partial charge on any atom is -0.494 e. The van der Waals surface area contributed by atoms with Crippen LogP contribution in [0.3, 0.4) is 0 Å². The van der Waals surface area contributed by atoms with Crippen molar-refractivity contribution < 1.29 is 5.11 Å². The van der Waals surface area contributed by atoms with Gasteiger partial charge in [0.25, 0.3) is 0 Å². The average molecular weight is 178 g/mol. The molecule has 0 saturated heterocycles. The molecule has 0 aliphatic rings. The van der Waals surface area contributed by atoms with Crippen molar-refractivity contribution in [2.75, 3.05) is 0 Å². The number of hydrogen-bond donors (Lipinski definition) is 2. The number of aliphatic hydroxyl groups is 1. The van der Waals surface area contributed by atoms with E-state index in [0.29, 0.717) is 0 Å². The van der Waals surface area contributed by atoms with E-state index in [-0.39, 0.29) is 4.38 Å². The number of hydrogen-bond acceptors (Lipinski definition) is 2. The van der Waals surface area contributed by atoms with Crippen molar-refractivity contribution in [3.63, 3.8) is 0 Å². The zero-order valence-corrected chi connectivity index (χ0v) is 7.05. The molecule has 1 N–H and O–H groups in total. The lowest BCUT2D eigenvalue weighted by molar-refractivity contribution is 0.586. The molecule has 0 amide bonds. The number of thiol groups is 1. The normalized spacial score (nSPS) is 7.22. The number of rotatable bonds is 0. The summed E-state index contributed by atoms with van der Waals surface area (Å²) >= 11 is 8.92. The van der Waals surface area contributed by atoms with Gasteiger partial charge in [0.1, 0.15) is 0 Å². The van der Waals surface area contributed by atoms with Crippen molar-refractivity contribution in [2.24, 2.45) is 0 Å². The third-order valence-electron chi connectivity index (χ3n) is 0.425. The van der Waals surface area contributed by atoms with Crippen LogP contribution in [0.15, 0.2) is 22.9 Å². The minimum absolute atomic E-state index is 0.306. The highest BCUT2D eigenvalue weighted by Gasteiger charge is 1.60. The van der Waals surface area contributed by atoms with Gasteiger partial charge in [-0.15, -0.1) is 0 Å². The van der Waals surface area contributed by atoms with E-state index in [9.17, 15) is 0 Å². The first-order valence-electron chi connectivity index (χ1n) is 2.12. The number of thiocarbonyl (C=S) groups is 1. The molecular weight excluding hydrogens is 172 g/mol. The second-order valence-electron chi connectivity index (χ2n) is 1.08. The van der Waals surface area contributed by atoms with Crippen LogP contribution < -0.4 is 0 Å². The Balaban J connectivity index is 0.000000148. The van der Waals surface area contributed by atoms with Crippen molar-refractivity contribution in [3.8, 4) is 0 Å². The summed E-state index contributed by atoms with van der Waals surface area (Å²) in [5.74, 6) is 0. The lowest BCUT2D eigenvalue weighted by atomic mass is 10.7. The van der Waals surface area contributed by atoms with Gasteiger partial charge >= 0.3 is 0 Å². The highest BCUT2D eigenvalue weighted by atomic mass is 32.1. The second kappa shape index (κ2) is 6.07. The van der Waals surface area contributed by atoms with Gasteiger partial charge in [-0.3, -0.25) is 0 Å². The molecule has 0 atom stereocenters. The molecule has 50 valence electrons. The molecule has 0 aromatic carbocycles. The van der Waals surface area contributed by atoms with E-state index < -0.39 is 0 Å². The Morgan fingerprint density at radius 2 is 1.78 bits per heavy atom. The molecule has 0 spiro atoms. The lowest BCUT2D eigenvalue weighted by Gasteiger charge is -1.63. The maximum absolute atomic E-state index is 7.65. The Hall–Kier alpha value is -0.0600. The summed E-state index contributed by atoms with van der Waals surface area (Å²) in [7, 11) is 0. The van der Waals surface area contributed by atoms with E-state index in [2.05, 4.69) is 24.8 Å². The minimum atomic E-state index is -0.306.